The van der Waals surface area contributed by atoms with Crippen LogP contribution in [0.15, 0.2) is 40.8 Å². The fourth-order valence-corrected chi connectivity index (χ4v) is 2.49. The highest BCUT2D eigenvalue weighted by Gasteiger charge is 2.08. The van der Waals surface area contributed by atoms with E-state index in [4.69, 9.17) is 9.15 Å². The minimum absolute atomic E-state index is 0.106. The quantitative estimate of drug-likeness (QED) is 0.665. The van der Waals surface area contributed by atoms with E-state index in [1.54, 1.807) is 36.4 Å². The highest BCUT2D eigenvalue weighted by molar-refractivity contribution is 7.98. The first-order valence-corrected chi connectivity index (χ1v) is 8.82. The molecular formula is C17H20F2N2O3S. The number of ether oxygens (including phenoxy) is 1. The van der Waals surface area contributed by atoms with E-state index in [9.17, 15) is 13.6 Å². The molecule has 2 N–H and O–H groups in total. The van der Waals surface area contributed by atoms with Crippen LogP contribution in [-0.4, -0.2) is 24.8 Å². The first-order chi connectivity index (χ1) is 12.1. The number of furan rings is 1. The predicted octanol–water partition coefficient (Wildman–Crippen LogP) is 3.86. The van der Waals surface area contributed by atoms with Crippen LogP contribution >= 0.6 is 11.8 Å². The second-order valence-corrected chi connectivity index (χ2v) is 6.03. The topological polar surface area (TPSA) is 63.5 Å². The van der Waals surface area contributed by atoms with Crippen molar-refractivity contribution in [1.29, 1.82) is 0 Å². The maximum atomic E-state index is 12.1. The lowest BCUT2D eigenvalue weighted by Crippen LogP contribution is -2.27. The number of amides is 1. The van der Waals surface area contributed by atoms with Crippen molar-refractivity contribution < 1.29 is 22.7 Å². The standard InChI is InChI=1S/C17H20F2N2O3S/c1-2-23-13-5-3-12(4-6-13)21-16(22)10-20-9-14-7-8-15(24-14)11-25-17(18)19/h3-8,17,20H,2,9-11H2,1H3,(H,21,22). The molecule has 0 aliphatic rings. The van der Waals surface area contributed by atoms with Gasteiger partial charge >= 0.3 is 0 Å². The van der Waals surface area contributed by atoms with Crippen molar-refractivity contribution in [2.45, 2.75) is 25.0 Å². The normalized spacial score (nSPS) is 10.9. The summed E-state index contributed by atoms with van der Waals surface area (Å²) in [5, 5.41) is 5.71. The third-order valence-corrected chi connectivity index (χ3v) is 3.81. The molecular weight excluding hydrogens is 350 g/mol. The molecule has 0 bridgehead atoms. The van der Waals surface area contributed by atoms with Gasteiger partial charge in [-0.15, -0.1) is 0 Å². The van der Waals surface area contributed by atoms with Crippen molar-refractivity contribution in [3.05, 3.63) is 47.9 Å². The lowest BCUT2D eigenvalue weighted by Gasteiger charge is -2.07. The summed E-state index contributed by atoms with van der Waals surface area (Å²) in [6.07, 6.45) is 0. The van der Waals surface area contributed by atoms with Crippen LogP contribution in [0.4, 0.5) is 14.5 Å². The van der Waals surface area contributed by atoms with Crippen molar-refractivity contribution in [2.24, 2.45) is 0 Å². The van der Waals surface area contributed by atoms with Gasteiger partial charge in [0.2, 0.25) is 5.91 Å². The number of carbonyl (C=O) groups is 1. The van der Waals surface area contributed by atoms with E-state index >= 15 is 0 Å². The van der Waals surface area contributed by atoms with Crippen molar-refractivity contribution in [1.82, 2.24) is 5.32 Å². The smallest absolute Gasteiger partial charge is 0.284 e. The van der Waals surface area contributed by atoms with Gasteiger partial charge < -0.3 is 19.8 Å². The van der Waals surface area contributed by atoms with Crippen molar-refractivity contribution >= 4 is 23.4 Å². The molecule has 1 heterocycles. The number of rotatable bonds is 10. The van der Waals surface area contributed by atoms with Crippen LogP contribution < -0.4 is 15.4 Å². The molecule has 1 amide bonds. The molecule has 0 aliphatic carbocycles. The third-order valence-electron chi connectivity index (χ3n) is 3.10. The number of nitrogens with one attached hydrogen (secondary N) is 2. The van der Waals surface area contributed by atoms with Crippen molar-refractivity contribution in [2.75, 3.05) is 18.5 Å². The summed E-state index contributed by atoms with van der Waals surface area (Å²) < 4.78 is 35.0. The lowest BCUT2D eigenvalue weighted by atomic mass is 10.3. The molecule has 5 nitrogen and oxygen atoms in total. The van der Waals surface area contributed by atoms with Crippen LogP contribution in [0.25, 0.3) is 0 Å². The Morgan fingerprint density at radius 1 is 1.20 bits per heavy atom. The van der Waals surface area contributed by atoms with E-state index in [1.165, 1.54) is 0 Å². The molecule has 8 heteroatoms. The summed E-state index contributed by atoms with van der Waals surface area (Å²) in [6, 6.07) is 10.5. The van der Waals surface area contributed by atoms with Gasteiger partial charge in [0.25, 0.3) is 5.76 Å². The van der Waals surface area contributed by atoms with Crippen LogP contribution in [-0.2, 0) is 17.1 Å². The Balaban J connectivity index is 1.69. The van der Waals surface area contributed by atoms with Gasteiger partial charge in [0.1, 0.15) is 17.3 Å². The van der Waals surface area contributed by atoms with Crippen LogP contribution in [0.5, 0.6) is 5.75 Å². The Bertz CT molecular complexity index is 662. The average molecular weight is 370 g/mol. The maximum absolute atomic E-state index is 12.1. The number of benzene rings is 1. The summed E-state index contributed by atoms with van der Waals surface area (Å²) in [4.78, 5) is 11.9. The van der Waals surface area contributed by atoms with E-state index in [2.05, 4.69) is 10.6 Å². The van der Waals surface area contributed by atoms with E-state index in [0.717, 1.165) is 5.75 Å². The minimum atomic E-state index is -2.42. The highest BCUT2D eigenvalue weighted by Crippen LogP contribution is 2.21. The molecule has 0 atom stereocenters. The van der Waals surface area contributed by atoms with Crippen molar-refractivity contribution in [3.63, 3.8) is 0 Å². The zero-order valence-electron chi connectivity index (χ0n) is 13.8. The molecule has 0 unspecified atom stereocenters. The zero-order chi connectivity index (χ0) is 18.1. The number of hydrogen-bond donors (Lipinski definition) is 2. The molecule has 0 fully saturated rings. The van der Waals surface area contributed by atoms with Crippen LogP contribution in [0.3, 0.4) is 0 Å². The van der Waals surface area contributed by atoms with Crippen molar-refractivity contribution in [3.8, 4) is 5.75 Å². The summed E-state index contributed by atoms with van der Waals surface area (Å²) in [5.74, 6) is -0.658. The molecule has 2 rings (SSSR count). The Hall–Kier alpha value is -2.06. The molecule has 0 radical (unpaired) electrons. The summed E-state index contributed by atoms with van der Waals surface area (Å²) in [6.45, 7) is 2.94. The lowest BCUT2D eigenvalue weighted by molar-refractivity contribution is -0.115. The zero-order valence-corrected chi connectivity index (χ0v) is 14.6. The monoisotopic (exact) mass is 370 g/mol. The predicted molar refractivity (Wildman–Crippen MR) is 94.0 cm³/mol. The fourth-order valence-electron chi connectivity index (χ4n) is 2.05. The largest absolute Gasteiger partial charge is 0.494 e. The molecule has 2 aromatic rings. The Morgan fingerprint density at radius 3 is 2.60 bits per heavy atom. The number of thioether (sulfide) groups is 1. The van der Waals surface area contributed by atoms with Gasteiger partial charge in [0.15, 0.2) is 0 Å². The number of halogens is 2. The van der Waals surface area contributed by atoms with Crippen LogP contribution in [0.2, 0.25) is 0 Å². The second-order valence-electron chi connectivity index (χ2n) is 5.05. The van der Waals surface area contributed by atoms with E-state index in [1.807, 2.05) is 6.92 Å². The van der Waals surface area contributed by atoms with Gasteiger partial charge in [-0.3, -0.25) is 4.79 Å². The average Bonchev–Trinajstić information content (AvgIpc) is 3.03. The molecule has 136 valence electrons. The number of hydrogen-bond acceptors (Lipinski definition) is 5. The van der Waals surface area contributed by atoms with Gasteiger partial charge in [-0.25, -0.2) is 0 Å². The SMILES string of the molecule is CCOc1ccc(NC(=O)CNCc2ccc(CSC(F)F)o2)cc1. The Kier molecular flexibility index (Phi) is 7.75. The van der Waals surface area contributed by atoms with Crippen LogP contribution in [0, 0.1) is 0 Å². The molecule has 0 spiro atoms. The van der Waals surface area contributed by atoms with E-state index < -0.39 is 5.76 Å². The maximum Gasteiger partial charge on any atom is 0.284 e. The summed E-state index contributed by atoms with van der Waals surface area (Å²) in [5.41, 5.74) is 0.680. The molecule has 0 aliphatic heterocycles. The van der Waals surface area contributed by atoms with Gasteiger partial charge in [0, 0.05) is 5.69 Å². The molecule has 0 saturated carbocycles. The fraction of sp³-hybridized carbons (Fsp3) is 0.353. The highest BCUT2D eigenvalue weighted by atomic mass is 32.2. The summed E-state index contributed by atoms with van der Waals surface area (Å²) in [7, 11) is 0. The summed E-state index contributed by atoms with van der Waals surface area (Å²) >= 11 is 0.511. The van der Waals surface area contributed by atoms with Gasteiger partial charge in [-0.05, 0) is 43.3 Å². The first kappa shape index (κ1) is 19.3. The first-order valence-electron chi connectivity index (χ1n) is 7.77. The van der Waals surface area contributed by atoms with Gasteiger partial charge in [-0.2, -0.15) is 8.78 Å². The molecule has 0 saturated heterocycles. The Labute approximate surface area is 149 Å². The Morgan fingerprint density at radius 2 is 1.92 bits per heavy atom. The molecule has 1 aromatic carbocycles. The molecule has 1 aromatic heterocycles. The third kappa shape index (κ3) is 7.15. The second kappa shape index (κ2) is 10.0. The van der Waals surface area contributed by atoms with Gasteiger partial charge in [0.05, 0.1) is 25.4 Å². The number of alkyl halides is 2. The minimum Gasteiger partial charge on any atom is -0.494 e. The van der Waals surface area contributed by atoms with Gasteiger partial charge in [-0.1, -0.05) is 11.8 Å². The van der Waals surface area contributed by atoms with E-state index in [0.29, 0.717) is 42.1 Å². The number of anilines is 1. The molecule has 25 heavy (non-hydrogen) atoms. The van der Waals surface area contributed by atoms with Crippen LogP contribution in [0.1, 0.15) is 18.4 Å². The number of carbonyl (C=O) groups excluding carboxylic acids is 1. The van der Waals surface area contributed by atoms with E-state index in [-0.39, 0.29) is 18.2 Å².